The first-order chi connectivity index (χ1) is 5.04. The Morgan fingerprint density at radius 3 is 2.91 bits per heavy atom. The molecule has 0 aliphatic carbocycles. The van der Waals surface area contributed by atoms with Crippen LogP contribution < -0.4 is 10.2 Å². The van der Waals surface area contributed by atoms with Crippen LogP contribution in [0.4, 0.5) is 0 Å². The summed E-state index contributed by atoms with van der Waals surface area (Å²) in [7, 11) is 0. The zero-order valence-corrected chi connectivity index (χ0v) is 7.07. The van der Waals surface area contributed by atoms with Gasteiger partial charge in [0.2, 0.25) is 11.3 Å². The zero-order valence-electron chi connectivity index (χ0n) is 6.25. The third kappa shape index (κ3) is 1.78. The van der Waals surface area contributed by atoms with Gasteiger partial charge in [-0.25, -0.2) is 9.05 Å². The van der Waals surface area contributed by atoms with Crippen molar-refractivity contribution in [3.63, 3.8) is 0 Å². The highest BCUT2D eigenvalue weighted by molar-refractivity contribution is 7.77. The van der Waals surface area contributed by atoms with Gasteiger partial charge in [-0.15, -0.1) is 0 Å². The smallest absolute Gasteiger partial charge is 0.234 e. The largest absolute Gasteiger partial charge is 0.294 e. The van der Waals surface area contributed by atoms with E-state index in [0.717, 1.165) is 5.57 Å². The summed E-state index contributed by atoms with van der Waals surface area (Å²) >= 11 is -2.07. The minimum absolute atomic E-state index is 0.819. The summed E-state index contributed by atoms with van der Waals surface area (Å²) in [4.78, 5) is 4.96. The molecular formula is C5H10N2O3S. The highest BCUT2D eigenvalue weighted by Gasteiger charge is 2.33. The molecule has 1 aliphatic heterocycles. The lowest BCUT2D eigenvalue weighted by Crippen LogP contribution is -2.45. The molecule has 0 radical (unpaired) electrons. The average molecular weight is 178 g/mol. The molecule has 0 saturated carbocycles. The Bertz CT molecular complexity index is 218. The molecule has 5 nitrogen and oxygen atoms in total. The van der Waals surface area contributed by atoms with Crippen molar-refractivity contribution >= 4 is 11.3 Å². The van der Waals surface area contributed by atoms with E-state index in [1.807, 2.05) is 0 Å². The van der Waals surface area contributed by atoms with Gasteiger partial charge in [0.1, 0.15) is 0 Å². The summed E-state index contributed by atoms with van der Waals surface area (Å²) in [6.45, 7) is 3.45. The fourth-order valence-corrected chi connectivity index (χ4v) is 1.26. The van der Waals surface area contributed by atoms with E-state index in [9.17, 15) is 4.21 Å². The Balaban J connectivity index is 2.67. The first-order valence-corrected chi connectivity index (χ1v) is 4.15. The van der Waals surface area contributed by atoms with Crippen LogP contribution in [0.25, 0.3) is 0 Å². The molecule has 0 amide bonds. The van der Waals surface area contributed by atoms with Crippen LogP contribution in [-0.4, -0.2) is 14.5 Å². The van der Waals surface area contributed by atoms with Crippen molar-refractivity contribution in [1.82, 2.24) is 10.2 Å². The molecule has 0 fully saturated rings. The van der Waals surface area contributed by atoms with Crippen molar-refractivity contribution in [2.75, 3.05) is 0 Å². The van der Waals surface area contributed by atoms with Crippen molar-refractivity contribution in [2.45, 2.75) is 19.6 Å². The second-order valence-corrected chi connectivity index (χ2v) is 3.13. The Morgan fingerprint density at radius 1 is 1.91 bits per heavy atom. The van der Waals surface area contributed by atoms with E-state index in [2.05, 4.69) is 10.2 Å². The van der Waals surface area contributed by atoms with E-state index in [1.165, 1.54) is 0 Å². The summed E-state index contributed by atoms with van der Waals surface area (Å²) in [6.07, 6.45) is 1.62. The van der Waals surface area contributed by atoms with E-state index < -0.39 is 17.0 Å². The molecule has 0 aromatic carbocycles. The lowest BCUT2D eigenvalue weighted by Gasteiger charge is -2.22. The second-order valence-electron chi connectivity index (χ2n) is 2.43. The molecule has 6 heteroatoms. The fraction of sp³-hybridized carbons (Fsp3) is 0.600. The maximum atomic E-state index is 10.4. The van der Waals surface area contributed by atoms with Crippen LogP contribution in [0, 0.1) is 0 Å². The maximum Gasteiger partial charge on any atom is 0.234 e. The van der Waals surface area contributed by atoms with Crippen LogP contribution >= 0.6 is 0 Å². The molecule has 0 bridgehead atoms. The zero-order chi connectivity index (χ0) is 8.48. The predicted octanol–water partition coefficient (Wildman–Crippen LogP) is -0.133. The highest BCUT2D eigenvalue weighted by atomic mass is 32.2. The van der Waals surface area contributed by atoms with E-state index >= 15 is 0 Å². The number of rotatable bonds is 2. The van der Waals surface area contributed by atoms with E-state index in [4.69, 9.17) is 9.39 Å². The molecular weight excluding hydrogens is 168 g/mol. The van der Waals surface area contributed by atoms with E-state index in [0.29, 0.717) is 0 Å². The Kier molecular flexibility index (Phi) is 2.28. The lowest BCUT2D eigenvalue weighted by molar-refractivity contribution is -0.0372. The molecule has 1 heterocycles. The molecule has 0 aromatic rings. The van der Waals surface area contributed by atoms with Gasteiger partial charge >= 0.3 is 0 Å². The normalized spacial score (nSPS) is 32.8. The minimum Gasteiger partial charge on any atom is -0.294 e. The third-order valence-electron chi connectivity index (χ3n) is 1.57. The molecule has 1 rings (SSSR count). The Morgan fingerprint density at radius 2 is 2.55 bits per heavy atom. The van der Waals surface area contributed by atoms with Crippen molar-refractivity contribution in [1.29, 1.82) is 0 Å². The van der Waals surface area contributed by atoms with E-state index in [1.54, 1.807) is 20.0 Å². The number of nitrogens with one attached hydrogen (secondary N) is 2. The van der Waals surface area contributed by atoms with Crippen LogP contribution in [0.2, 0.25) is 0 Å². The van der Waals surface area contributed by atoms with Crippen molar-refractivity contribution in [2.24, 2.45) is 0 Å². The van der Waals surface area contributed by atoms with Crippen LogP contribution in [0.15, 0.2) is 11.8 Å². The SMILES string of the molecule is CC1=CNOC1(C)NS(=O)O. The van der Waals surface area contributed by atoms with E-state index in [-0.39, 0.29) is 0 Å². The Hall–Kier alpha value is -0.430. The summed E-state index contributed by atoms with van der Waals surface area (Å²) in [6, 6.07) is 0. The third-order valence-corrected chi connectivity index (χ3v) is 2.14. The van der Waals surface area contributed by atoms with Crippen molar-refractivity contribution in [3.05, 3.63) is 11.8 Å². The number of hydrogen-bond donors (Lipinski definition) is 3. The Labute approximate surface area is 67.2 Å². The quantitative estimate of drug-likeness (QED) is 0.515. The van der Waals surface area contributed by atoms with Gasteiger partial charge in [-0.2, -0.15) is 4.72 Å². The van der Waals surface area contributed by atoms with Gasteiger partial charge in [0, 0.05) is 6.20 Å². The summed E-state index contributed by atoms with van der Waals surface area (Å²) in [5.41, 5.74) is 2.44. The van der Waals surface area contributed by atoms with Crippen molar-refractivity contribution < 1.29 is 13.6 Å². The number of hydroxylamine groups is 1. The average Bonchev–Trinajstić information content (AvgIpc) is 2.11. The van der Waals surface area contributed by atoms with Gasteiger partial charge < -0.3 is 0 Å². The lowest BCUT2D eigenvalue weighted by atomic mass is 10.1. The first-order valence-electron chi connectivity index (χ1n) is 3.04. The van der Waals surface area contributed by atoms with Crippen LogP contribution in [0.5, 0.6) is 0 Å². The van der Waals surface area contributed by atoms with Gasteiger partial charge in [-0.05, 0) is 19.4 Å². The molecule has 2 atom stereocenters. The first kappa shape index (κ1) is 8.66. The standard InChI is InChI=1S/C5H10N2O3S/c1-4-3-6-10-5(4,2)7-11(8)9/h3,6-7H,1-2H3,(H,8,9). The highest BCUT2D eigenvalue weighted by Crippen LogP contribution is 2.20. The number of hydrogen-bond acceptors (Lipinski definition) is 3. The van der Waals surface area contributed by atoms with Gasteiger partial charge in [0.05, 0.1) is 0 Å². The molecule has 11 heavy (non-hydrogen) atoms. The minimum atomic E-state index is -2.07. The monoisotopic (exact) mass is 178 g/mol. The van der Waals surface area contributed by atoms with Crippen LogP contribution in [-0.2, 0) is 16.1 Å². The molecule has 3 N–H and O–H groups in total. The van der Waals surface area contributed by atoms with Gasteiger partial charge in [-0.1, -0.05) is 0 Å². The molecule has 64 valence electrons. The predicted molar refractivity (Wildman–Crippen MR) is 40.3 cm³/mol. The van der Waals surface area contributed by atoms with Gasteiger partial charge in [-0.3, -0.25) is 10.0 Å². The molecule has 0 aromatic heterocycles. The van der Waals surface area contributed by atoms with Crippen LogP contribution in [0.3, 0.4) is 0 Å². The fourth-order valence-electron chi connectivity index (χ4n) is 0.722. The molecule has 2 unspecified atom stereocenters. The van der Waals surface area contributed by atoms with Crippen LogP contribution in [0.1, 0.15) is 13.8 Å². The van der Waals surface area contributed by atoms with Crippen molar-refractivity contribution in [3.8, 4) is 0 Å². The van der Waals surface area contributed by atoms with Gasteiger partial charge in [0.15, 0.2) is 5.72 Å². The molecule has 0 spiro atoms. The molecule has 0 saturated heterocycles. The topological polar surface area (TPSA) is 70.6 Å². The maximum absolute atomic E-state index is 10.4. The van der Waals surface area contributed by atoms with Gasteiger partial charge in [0.25, 0.3) is 0 Å². The summed E-state index contributed by atoms with van der Waals surface area (Å²) < 4.78 is 21.2. The second kappa shape index (κ2) is 2.90. The summed E-state index contributed by atoms with van der Waals surface area (Å²) in [5.74, 6) is 0. The summed E-state index contributed by atoms with van der Waals surface area (Å²) in [5, 5.41) is 0. The molecule has 1 aliphatic rings.